The molecule has 94 heavy (non-hydrogen) atoms. The smallest absolute Gasteiger partial charge is 0.410 e. The van der Waals surface area contributed by atoms with E-state index in [2.05, 4.69) is 34.6 Å². The third kappa shape index (κ3) is 23.7. The van der Waals surface area contributed by atoms with Crippen LogP contribution in [0.3, 0.4) is 0 Å². The summed E-state index contributed by atoms with van der Waals surface area (Å²) in [6.45, 7) is 14.2. The van der Waals surface area contributed by atoms with Crippen LogP contribution in [-0.2, 0) is 84.2 Å². The van der Waals surface area contributed by atoms with Gasteiger partial charge in [0.15, 0.2) is 31.1 Å². The summed E-state index contributed by atoms with van der Waals surface area (Å²) in [6, 6.07) is 35.7. The Kier molecular flexibility index (Phi) is 34.7. The predicted octanol–water partition coefficient (Wildman–Crippen LogP) is 11.0. The Hall–Kier alpha value is -5.47. The molecule has 3 fully saturated rings. The molecule has 21 nitrogen and oxygen atoms in total. The maximum Gasteiger partial charge on any atom is 0.410 e. The number of aliphatic hydroxyl groups is 2. The largest absolute Gasteiger partial charge is 0.452 e. The van der Waals surface area contributed by atoms with E-state index >= 15 is 0 Å². The van der Waals surface area contributed by atoms with Gasteiger partial charge in [0.05, 0.1) is 37.6 Å². The zero-order valence-corrected chi connectivity index (χ0v) is 56.1. The second kappa shape index (κ2) is 42.9. The summed E-state index contributed by atoms with van der Waals surface area (Å²) in [4.78, 5) is 43.9. The van der Waals surface area contributed by atoms with Crippen LogP contribution in [0.5, 0.6) is 0 Å². The van der Waals surface area contributed by atoms with E-state index in [1.165, 1.54) is 0 Å². The van der Waals surface area contributed by atoms with Gasteiger partial charge in [-0.25, -0.2) is 14.4 Å². The third-order valence-electron chi connectivity index (χ3n) is 16.5. The Morgan fingerprint density at radius 3 is 1.29 bits per heavy atom. The fourth-order valence-electron chi connectivity index (χ4n) is 11.1. The minimum atomic E-state index is -1.70. The number of esters is 2. The molecule has 3 heterocycles. The van der Waals surface area contributed by atoms with Crippen molar-refractivity contribution in [1.82, 2.24) is 4.90 Å². The van der Waals surface area contributed by atoms with Crippen LogP contribution in [0.2, 0.25) is 0 Å². The lowest BCUT2D eigenvalue weighted by molar-refractivity contribution is -0.389. The van der Waals surface area contributed by atoms with Crippen molar-refractivity contribution in [2.75, 3.05) is 72.6 Å². The van der Waals surface area contributed by atoms with Gasteiger partial charge in [-0.15, -0.1) is 0 Å². The molecule has 1 amide bonds. The number of unbranched alkanes of at least 4 members (excludes halogenated alkanes) is 6. The maximum absolute atomic E-state index is 14.3. The molecule has 0 radical (unpaired) electrons. The first-order chi connectivity index (χ1) is 46.0. The number of hydrogen-bond donors (Lipinski definition) is 2. The van der Waals surface area contributed by atoms with Gasteiger partial charge in [-0.2, -0.15) is 0 Å². The molecule has 4 aromatic carbocycles. The number of aliphatic hydroxyl groups excluding tert-OH is 2. The molecule has 0 saturated carbocycles. The number of rotatable bonds is 43. The molecular formula is C73H105NO20. The molecule has 3 aliphatic rings. The average Bonchev–Trinajstić information content (AvgIpc) is 0.785. The molecule has 4 aromatic rings. The Balaban J connectivity index is 1.27. The first kappa shape index (κ1) is 75.9. The van der Waals surface area contributed by atoms with Gasteiger partial charge >= 0.3 is 18.0 Å². The van der Waals surface area contributed by atoms with Crippen LogP contribution in [0.1, 0.15) is 150 Å². The molecule has 21 heteroatoms. The SMILES string of the molecule is CCCCOCC1O[C@H](O[C@H]2C(COCCCC)O[C@H](OCCN(Cc3ccccc3)C(=O)OCc3ccccc3)C(OCCCC)[C@H]2OCCCC)C(OCCCC)[C@@H](OCCCC)[C@@H]1O[C@@H]1OC(CO)[C@@H](O)C(OC(=O)c2ccccc2)[C@@H]1OC(=O)c1ccccc1. The zero-order valence-electron chi connectivity index (χ0n) is 56.1. The predicted molar refractivity (Wildman–Crippen MR) is 350 cm³/mol. The quantitative estimate of drug-likeness (QED) is 0.0238. The monoisotopic (exact) mass is 1320 g/mol. The van der Waals surface area contributed by atoms with Gasteiger partial charge in [0, 0.05) is 52.7 Å². The first-order valence-electron chi connectivity index (χ1n) is 34.4. The fourth-order valence-corrected chi connectivity index (χ4v) is 11.1. The van der Waals surface area contributed by atoms with Crippen molar-refractivity contribution in [3.05, 3.63) is 144 Å². The first-order valence-corrected chi connectivity index (χ1v) is 34.4. The standard InChI is InChI=1S/C73H105NO20/c1-7-13-40-80-50-57-60(63(82-42-15-9-3)65(84-44-17-11-5)70(89-57)86-46-39-74(47-52-31-23-19-24-32-52)73(79)87-49-53-33-25-20-26-34-53)93-71-66(85-45-18-12-6)64(83-43-16-10-4)61(58(90-71)51-81-41-14-8-2)94-72-67(92-69(78)55-37-29-22-30-38-55)62(59(76)56(48-75)88-72)91-68(77)54-35-27-21-28-36-54/h19-38,56-67,70-72,75-76H,7-18,39-51H2,1-6H3/t56?,57?,58?,59-,60+,61-,62?,63+,64+,65?,66?,67+,70+,71-,72+/m1/s1. The number of ether oxygens (including phenoxy) is 15. The van der Waals surface area contributed by atoms with Crippen molar-refractivity contribution in [1.29, 1.82) is 0 Å². The van der Waals surface area contributed by atoms with Crippen molar-refractivity contribution in [2.24, 2.45) is 0 Å². The molecule has 0 aromatic heterocycles. The van der Waals surface area contributed by atoms with E-state index in [4.69, 9.17) is 71.1 Å². The van der Waals surface area contributed by atoms with Crippen molar-refractivity contribution in [2.45, 2.75) is 224 Å². The summed E-state index contributed by atoms with van der Waals surface area (Å²) < 4.78 is 101. The molecule has 15 atom stereocenters. The zero-order chi connectivity index (χ0) is 66.7. The van der Waals surface area contributed by atoms with Gasteiger partial charge in [0.2, 0.25) is 0 Å². The molecule has 7 rings (SSSR count). The van der Waals surface area contributed by atoms with Crippen LogP contribution in [0.15, 0.2) is 121 Å². The Morgan fingerprint density at radius 2 is 0.819 bits per heavy atom. The van der Waals surface area contributed by atoms with E-state index in [0.29, 0.717) is 45.7 Å². The van der Waals surface area contributed by atoms with E-state index in [1.807, 2.05) is 67.6 Å². The summed E-state index contributed by atoms with van der Waals surface area (Å²) in [5.74, 6) is -1.65. The highest BCUT2D eigenvalue weighted by atomic mass is 16.8. The van der Waals surface area contributed by atoms with Crippen LogP contribution in [-0.4, -0.2) is 198 Å². The number of carbonyl (C=O) groups excluding carboxylic acids is 3. The Labute approximate surface area is 556 Å². The maximum atomic E-state index is 14.3. The van der Waals surface area contributed by atoms with Crippen molar-refractivity contribution < 1.29 is 95.6 Å². The van der Waals surface area contributed by atoms with E-state index in [0.717, 1.165) is 68.9 Å². The van der Waals surface area contributed by atoms with E-state index in [-0.39, 0.29) is 63.9 Å². The van der Waals surface area contributed by atoms with Crippen LogP contribution >= 0.6 is 0 Å². The Bertz CT molecular complexity index is 2670. The fraction of sp³-hybridized carbons (Fsp3) is 0.630. The lowest BCUT2D eigenvalue weighted by atomic mass is 9.95. The summed E-state index contributed by atoms with van der Waals surface area (Å²) in [5.41, 5.74) is 2.10. The molecular weight excluding hydrogens is 1210 g/mol. The van der Waals surface area contributed by atoms with Gasteiger partial charge in [0.1, 0.15) is 67.6 Å². The summed E-state index contributed by atoms with van der Waals surface area (Å²) in [7, 11) is 0. The lowest BCUT2D eigenvalue weighted by Crippen LogP contribution is -2.68. The summed E-state index contributed by atoms with van der Waals surface area (Å²) in [6.07, 6.45) is -9.52. The highest BCUT2D eigenvalue weighted by Gasteiger charge is 2.58. The summed E-state index contributed by atoms with van der Waals surface area (Å²) in [5, 5.41) is 22.8. The highest BCUT2D eigenvalue weighted by Crippen LogP contribution is 2.38. The molecule has 6 unspecified atom stereocenters. The highest BCUT2D eigenvalue weighted by molar-refractivity contribution is 5.90. The molecule has 3 aliphatic heterocycles. The number of carbonyl (C=O) groups is 3. The number of benzene rings is 4. The topological polar surface area (TPSA) is 233 Å². The number of amides is 1. The van der Waals surface area contributed by atoms with Crippen molar-refractivity contribution >= 4 is 18.0 Å². The third-order valence-corrected chi connectivity index (χ3v) is 16.5. The van der Waals surface area contributed by atoms with Crippen molar-refractivity contribution in [3.63, 3.8) is 0 Å². The van der Waals surface area contributed by atoms with Crippen LogP contribution in [0, 0.1) is 0 Å². The molecule has 3 saturated heterocycles. The second-order valence-corrected chi connectivity index (χ2v) is 23.9. The second-order valence-electron chi connectivity index (χ2n) is 23.9. The molecule has 0 aliphatic carbocycles. The van der Waals surface area contributed by atoms with Crippen LogP contribution in [0.4, 0.5) is 4.79 Å². The van der Waals surface area contributed by atoms with Gasteiger partial charge in [0.25, 0.3) is 0 Å². The van der Waals surface area contributed by atoms with Crippen LogP contribution < -0.4 is 0 Å². The molecule has 2 N–H and O–H groups in total. The van der Waals surface area contributed by atoms with Gasteiger partial charge in [-0.1, -0.05) is 177 Å². The van der Waals surface area contributed by atoms with E-state index in [9.17, 15) is 24.6 Å². The van der Waals surface area contributed by atoms with Gasteiger partial charge in [-0.3, -0.25) is 0 Å². The van der Waals surface area contributed by atoms with E-state index in [1.54, 1.807) is 65.6 Å². The van der Waals surface area contributed by atoms with Gasteiger partial charge in [-0.05, 0) is 73.9 Å². The normalized spacial score (nSPS) is 26.1. The number of nitrogens with zero attached hydrogens (tertiary/aromatic N) is 1. The minimum absolute atomic E-state index is 0.0321. The lowest BCUT2D eigenvalue weighted by Gasteiger charge is -2.51. The molecule has 0 spiro atoms. The van der Waals surface area contributed by atoms with Gasteiger partial charge < -0.3 is 86.2 Å². The average molecular weight is 1320 g/mol. The molecule has 522 valence electrons. The molecule has 0 bridgehead atoms. The van der Waals surface area contributed by atoms with Crippen LogP contribution in [0.25, 0.3) is 0 Å². The van der Waals surface area contributed by atoms with E-state index < -0.39 is 117 Å². The minimum Gasteiger partial charge on any atom is -0.452 e. The Morgan fingerprint density at radius 1 is 0.426 bits per heavy atom. The van der Waals surface area contributed by atoms with Crippen molar-refractivity contribution in [3.8, 4) is 0 Å². The summed E-state index contributed by atoms with van der Waals surface area (Å²) >= 11 is 0. The number of hydrogen-bond acceptors (Lipinski definition) is 20.